The topological polar surface area (TPSA) is 99.2 Å². The van der Waals surface area contributed by atoms with Crippen molar-refractivity contribution in [2.24, 2.45) is 0 Å². The van der Waals surface area contributed by atoms with Crippen molar-refractivity contribution in [3.63, 3.8) is 0 Å². The zero-order valence-electron chi connectivity index (χ0n) is 21.9. The van der Waals surface area contributed by atoms with E-state index in [1.165, 1.54) is 12.1 Å². The molecule has 0 saturated carbocycles. The van der Waals surface area contributed by atoms with E-state index in [1.54, 1.807) is 13.1 Å². The number of aryl methyl sites for hydroxylation is 2. The van der Waals surface area contributed by atoms with E-state index < -0.39 is 6.09 Å². The number of likely N-dealkylation sites (tertiary alicyclic amines) is 1. The second-order valence-corrected chi connectivity index (χ2v) is 10.1. The fourth-order valence-electron chi connectivity index (χ4n) is 5.67. The van der Waals surface area contributed by atoms with E-state index >= 15 is 0 Å². The maximum absolute atomic E-state index is 13.6. The number of nitrogens with zero attached hydrogens (tertiary/aromatic N) is 4. The summed E-state index contributed by atoms with van der Waals surface area (Å²) in [5.41, 5.74) is 2.93. The number of alkyl carbamates (subject to hydrolysis) is 1. The third kappa shape index (κ3) is 5.39. The van der Waals surface area contributed by atoms with Crippen molar-refractivity contribution in [3.8, 4) is 0 Å². The number of hydrogen-bond donors (Lipinski definition) is 1. The van der Waals surface area contributed by atoms with Crippen LogP contribution in [0.4, 0.5) is 9.18 Å². The molecule has 1 fully saturated rings. The molecular formula is C27H36FN5O4. The number of carbonyl (C=O) groups is 1. The first-order valence-corrected chi connectivity index (χ1v) is 12.7. The number of nitrogens with one attached hydrogen (secondary N) is 1. The van der Waals surface area contributed by atoms with Crippen LogP contribution < -0.4 is 10.9 Å². The molecule has 0 atom stereocenters. The smallest absolute Gasteiger partial charge is 0.399 e. The predicted molar refractivity (Wildman–Crippen MR) is 138 cm³/mol. The first-order valence-electron chi connectivity index (χ1n) is 12.7. The van der Waals surface area contributed by atoms with E-state index in [2.05, 4.69) is 10.5 Å². The van der Waals surface area contributed by atoms with Gasteiger partial charge in [-0.15, -0.1) is 0 Å². The molecule has 0 bridgehead atoms. The molecule has 200 valence electrons. The zero-order chi connectivity index (χ0) is 25.3. The Labute approximate surface area is 216 Å². The van der Waals surface area contributed by atoms with Gasteiger partial charge in [-0.2, -0.15) is 0 Å². The molecule has 4 heterocycles. The SMILES string of the molecule is CNC(=O)OC[N+]1(CCc2c(C)nc3n(c2=O)CCCC3)CCC(c2noc3cc(F)ccc23)CC1.[CH3-]. The maximum atomic E-state index is 13.6. The molecule has 1 saturated heterocycles. The average Bonchev–Trinajstić information content (AvgIpc) is 3.30. The van der Waals surface area contributed by atoms with Crippen molar-refractivity contribution in [1.29, 1.82) is 0 Å². The monoisotopic (exact) mass is 513 g/mol. The van der Waals surface area contributed by atoms with Crippen LogP contribution in [-0.4, -0.2) is 58.7 Å². The number of rotatable bonds is 6. The summed E-state index contributed by atoms with van der Waals surface area (Å²) in [5.74, 6) is 0.708. The summed E-state index contributed by atoms with van der Waals surface area (Å²) in [7, 11) is 1.54. The molecule has 5 rings (SSSR count). The molecule has 3 aromatic rings. The van der Waals surface area contributed by atoms with Gasteiger partial charge >= 0.3 is 6.09 Å². The van der Waals surface area contributed by atoms with Crippen molar-refractivity contribution in [1.82, 2.24) is 20.0 Å². The number of halogens is 1. The highest BCUT2D eigenvalue weighted by molar-refractivity contribution is 5.79. The van der Waals surface area contributed by atoms with Crippen LogP contribution in [0.2, 0.25) is 0 Å². The molecule has 0 spiro atoms. The molecule has 0 aliphatic carbocycles. The number of amides is 1. The minimum absolute atomic E-state index is 0. The van der Waals surface area contributed by atoms with E-state index in [0.717, 1.165) is 79.9 Å². The molecule has 0 unspecified atom stereocenters. The molecule has 0 radical (unpaired) electrons. The molecule has 1 amide bonds. The normalized spacial score (nSPS) is 21.2. The van der Waals surface area contributed by atoms with Gasteiger partial charge in [0.15, 0.2) is 5.58 Å². The second-order valence-electron chi connectivity index (χ2n) is 10.1. The van der Waals surface area contributed by atoms with E-state index in [4.69, 9.17) is 14.2 Å². The number of piperidine rings is 1. The Hall–Kier alpha value is -3.27. The summed E-state index contributed by atoms with van der Waals surface area (Å²) >= 11 is 0. The molecule has 2 aliphatic heterocycles. The van der Waals surface area contributed by atoms with Gasteiger partial charge in [0.25, 0.3) is 5.56 Å². The summed E-state index contributed by atoms with van der Waals surface area (Å²) in [6, 6.07) is 4.51. The Bertz CT molecular complexity index is 1330. The van der Waals surface area contributed by atoms with E-state index in [0.29, 0.717) is 23.0 Å². The lowest BCUT2D eigenvalue weighted by Crippen LogP contribution is -2.56. The standard InChI is InChI=1S/C26H32FN5O4.CH3/c1-17-20(25(33)31-11-4-3-5-23(31)29-17)10-14-32(16-35-26(34)28-2)12-8-18(9-13-32)24-21-7-6-19(27)15-22(21)36-30-24;/h6-7,15,18H,3-5,8-14,16H2,1-2H3;1H3/q;-1/p+1. The lowest BCUT2D eigenvalue weighted by atomic mass is 9.90. The highest BCUT2D eigenvalue weighted by Gasteiger charge is 2.37. The fourth-order valence-corrected chi connectivity index (χ4v) is 5.67. The molecule has 10 heteroatoms. The first-order chi connectivity index (χ1) is 17.4. The number of benzene rings is 1. The second kappa shape index (κ2) is 11.0. The number of hydrogen-bond acceptors (Lipinski definition) is 6. The number of fused-ring (bicyclic) bond motifs is 2. The van der Waals surface area contributed by atoms with Gasteiger partial charge in [-0.3, -0.25) is 13.8 Å². The van der Waals surface area contributed by atoms with Crippen LogP contribution >= 0.6 is 0 Å². The molecule has 1 N–H and O–H groups in total. The molecule has 2 aromatic heterocycles. The third-order valence-corrected chi connectivity index (χ3v) is 7.84. The third-order valence-electron chi connectivity index (χ3n) is 7.84. The van der Waals surface area contributed by atoms with Gasteiger partial charge in [0.1, 0.15) is 11.6 Å². The summed E-state index contributed by atoms with van der Waals surface area (Å²) in [6.07, 6.45) is 4.66. The minimum Gasteiger partial charge on any atom is -0.399 e. The summed E-state index contributed by atoms with van der Waals surface area (Å²) < 4.78 is 26.9. The highest BCUT2D eigenvalue weighted by atomic mass is 19.1. The predicted octanol–water partition coefficient (Wildman–Crippen LogP) is 3.87. The van der Waals surface area contributed by atoms with Crippen LogP contribution in [0.1, 0.15) is 54.4 Å². The van der Waals surface area contributed by atoms with E-state index in [9.17, 15) is 14.0 Å². The number of quaternary nitrogens is 1. The molecule has 2 aliphatic rings. The van der Waals surface area contributed by atoms with Crippen molar-refractivity contribution < 1.29 is 22.9 Å². The van der Waals surface area contributed by atoms with Gasteiger partial charge in [0.2, 0.25) is 6.73 Å². The first kappa shape index (κ1) is 26.8. The molecule has 9 nitrogen and oxygen atoms in total. The van der Waals surface area contributed by atoms with Crippen LogP contribution in [0.5, 0.6) is 0 Å². The lowest BCUT2D eigenvalue weighted by molar-refractivity contribution is -0.947. The largest absolute Gasteiger partial charge is 0.411 e. The summed E-state index contributed by atoms with van der Waals surface area (Å²) in [5, 5.41) is 7.61. The minimum atomic E-state index is -0.467. The Morgan fingerprint density at radius 2 is 2.08 bits per heavy atom. The highest BCUT2D eigenvalue weighted by Crippen LogP contribution is 2.35. The van der Waals surface area contributed by atoms with Gasteiger partial charge in [-0.1, -0.05) is 5.16 Å². The number of ether oxygens (including phenoxy) is 1. The Morgan fingerprint density at radius 1 is 1.30 bits per heavy atom. The van der Waals surface area contributed by atoms with E-state index in [1.807, 2.05) is 11.5 Å². The average molecular weight is 514 g/mol. The number of carbonyl (C=O) groups excluding carboxylic acids is 1. The van der Waals surface area contributed by atoms with Crippen LogP contribution in [0.3, 0.4) is 0 Å². The quantitative estimate of drug-likeness (QED) is 0.397. The number of aromatic nitrogens is 3. The van der Waals surface area contributed by atoms with Crippen molar-refractivity contribution >= 4 is 17.1 Å². The Balaban J connectivity index is 0.00000320. The summed E-state index contributed by atoms with van der Waals surface area (Å²) in [4.78, 5) is 29.9. The van der Waals surface area contributed by atoms with Crippen molar-refractivity contribution in [3.05, 3.63) is 64.6 Å². The maximum Gasteiger partial charge on any atom is 0.411 e. The van der Waals surface area contributed by atoms with Crippen LogP contribution in [-0.2, 0) is 24.1 Å². The van der Waals surface area contributed by atoms with Crippen molar-refractivity contribution in [2.45, 2.75) is 57.9 Å². The van der Waals surface area contributed by atoms with E-state index in [-0.39, 0.29) is 31.5 Å². The lowest BCUT2D eigenvalue weighted by Gasteiger charge is -2.42. The molecular weight excluding hydrogens is 477 g/mol. The van der Waals surface area contributed by atoms with Gasteiger partial charge in [0.05, 0.1) is 25.3 Å². The van der Waals surface area contributed by atoms with Gasteiger partial charge in [-0.25, -0.2) is 14.2 Å². The Morgan fingerprint density at radius 3 is 2.84 bits per heavy atom. The van der Waals surface area contributed by atoms with Crippen LogP contribution in [0.25, 0.3) is 11.0 Å². The Kier molecular flexibility index (Phi) is 7.96. The van der Waals surface area contributed by atoms with Crippen LogP contribution in [0, 0.1) is 20.2 Å². The van der Waals surface area contributed by atoms with Crippen LogP contribution in [0.15, 0.2) is 27.5 Å². The molecule has 1 aromatic carbocycles. The van der Waals surface area contributed by atoms with Gasteiger partial charge < -0.3 is 22.0 Å². The van der Waals surface area contributed by atoms with Gasteiger partial charge in [0, 0.05) is 67.9 Å². The zero-order valence-corrected chi connectivity index (χ0v) is 21.9. The van der Waals surface area contributed by atoms with Crippen molar-refractivity contribution in [2.75, 3.05) is 33.4 Å². The molecule has 37 heavy (non-hydrogen) atoms. The fraction of sp³-hybridized carbons (Fsp3) is 0.519. The summed E-state index contributed by atoms with van der Waals surface area (Å²) in [6.45, 7) is 5.07. The van der Waals surface area contributed by atoms with Gasteiger partial charge in [-0.05, 0) is 31.9 Å².